The van der Waals surface area contributed by atoms with Gasteiger partial charge in [-0.1, -0.05) is 0 Å². The number of ether oxygens (including phenoxy) is 1. The van der Waals surface area contributed by atoms with Gasteiger partial charge in [0, 0.05) is 0 Å². The molecule has 1 atom stereocenters. The molecule has 29 heavy (non-hydrogen) atoms. The average molecular weight is 495 g/mol. The maximum absolute atomic E-state index is 12.3. The van der Waals surface area contributed by atoms with Crippen molar-refractivity contribution < 1.29 is 29.6 Å². The Labute approximate surface area is 176 Å². The van der Waals surface area contributed by atoms with Gasteiger partial charge in [-0.3, -0.25) is 0 Å². The minimum absolute atomic E-state index is 0.00631. The molecule has 0 spiro atoms. The second-order valence-corrected chi connectivity index (χ2v) is 9.34. The van der Waals surface area contributed by atoms with Crippen molar-refractivity contribution in [2.75, 3.05) is 0 Å². The van der Waals surface area contributed by atoms with Gasteiger partial charge in [0.15, 0.2) is 0 Å². The van der Waals surface area contributed by atoms with E-state index in [-0.39, 0.29) is 20.9 Å². The Hall–Kier alpha value is -3.00. The molecule has 0 saturated heterocycles. The fourth-order valence-electron chi connectivity index (χ4n) is 3.52. The van der Waals surface area contributed by atoms with Gasteiger partial charge >= 0.3 is 177 Å². The average Bonchev–Trinajstić information content (AvgIpc) is 2.70. The van der Waals surface area contributed by atoms with Crippen LogP contribution in [0.2, 0.25) is 4.94 Å². The van der Waals surface area contributed by atoms with Gasteiger partial charge in [0.05, 0.1) is 0 Å². The Balaban J connectivity index is 2.05. The first kappa shape index (κ1) is 19.3. The molecular weight excluding hydrogens is 479 g/mol. The normalized spacial score (nSPS) is 17.1. The number of carboxylic acids is 1. The van der Waals surface area contributed by atoms with Crippen LogP contribution in [0.15, 0.2) is 66.0 Å². The monoisotopic (exact) mass is 496 g/mol. The van der Waals surface area contributed by atoms with Crippen molar-refractivity contribution in [2.45, 2.75) is 11.0 Å². The molecule has 1 aliphatic heterocycles. The number of carbonyl (C=O) groups excluding carboxylic acids is 1. The van der Waals surface area contributed by atoms with Crippen LogP contribution in [0.25, 0.3) is 5.57 Å². The molecule has 0 fully saturated rings. The number of hydrogen-bond acceptors (Lipinski definition) is 5. The molecule has 3 N–H and O–H groups in total. The number of aliphatic hydroxyl groups excluding tert-OH is 1. The van der Waals surface area contributed by atoms with Gasteiger partial charge in [-0.05, 0) is 0 Å². The predicted octanol–water partition coefficient (Wildman–Crippen LogP) is 3.56. The summed E-state index contributed by atoms with van der Waals surface area (Å²) in [5.41, 5.74) is 2.85. The number of rotatable bonds is 4. The summed E-state index contributed by atoms with van der Waals surface area (Å²) >= 11 is -1.22. The molecule has 7 heteroatoms. The van der Waals surface area contributed by atoms with Crippen molar-refractivity contribution in [1.29, 1.82) is 0 Å². The summed E-state index contributed by atoms with van der Waals surface area (Å²) < 4.78 is 6.00. The van der Waals surface area contributed by atoms with E-state index in [0.717, 1.165) is 0 Å². The molecule has 2 aromatic rings. The number of carbonyl (C=O) groups is 2. The van der Waals surface area contributed by atoms with Crippen LogP contribution in [0.4, 0.5) is 0 Å². The number of phenols is 1. The zero-order valence-corrected chi connectivity index (χ0v) is 18.2. The summed E-state index contributed by atoms with van der Waals surface area (Å²) in [5, 5.41) is 29.5. The number of phenolic OH excluding ortho intramolecular Hbond substituents is 1. The Morgan fingerprint density at radius 2 is 1.83 bits per heavy atom. The SMILES string of the molecule is [CH3][Sn][C](=O)c1ccc(C(=O)O)c(C2=C3C=CC(O)=CC3Oc3cc(O)ccc32)c1. The number of hydrogen-bond donors (Lipinski definition) is 3. The van der Waals surface area contributed by atoms with Crippen molar-refractivity contribution in [3.8, 4) is 11.5 Å². The number of aromatic hydroxyl groups is 1. The number of carboxylic acid groups (broad SMARTS) is 1. The maximum atomic E-state index is 12.3. The third kappa shape index (κ3) is 3.44. The van der Waals surface area contributed by atoms with E-state index in [1.54, 1.807) is 24.3 Å². The molecular formula is C22H16O6Sn. The summed E-state index contributed by atoms with van der Waals surface area (Å²) in [5.74, 6) is -0.701. The summed E-state index contributed by atoms with van der Waals surface area (Å²) in [6.45, 7) is 0. The molecule has 2 aromatic carbocycles. The van der Waals surface area contributed by atoms with E-state index in [9.17, 15) is 24.9 Å². The number of fused-ring (bicyclic) bond motifs is 2. The van der Waals surface area contributed by atoms with Crippen LogP contribution in [0.3, 0.4) is 0 Å². The standard InChI is InChI=1S/C21H13O6.CH3.Sn/c22-10-11-1-4-14(21(25)26)17(7-11)20-15-5-2-12(23)8-18(15)27-19-9-13(24)3-6-16(19)20;;/h1-9,18,23-24H,(H,25,26);1H3;. The Morgan fingerprint density at radius 3 is 2.55 bits per heavy atom. The van der Waals surface area contributed by atoms with E-state index in [4.69, 9.17) is 4.74 Å². The summed E-state index contributed by atoms with van der Waals surface area (Å²) in [6, 6.07) is 9.25. The van der Waals surface area contributed by atoms with E-state index in [1.807, 2.05) is 4.94 Å². The quantitative estimate of drug-likeness (QED) is 0.561. The Bertz CT molecular complexity index is 1140. The summed E-state index contributed by atoms with van der Waals surface area (Å²) in [7, 11) is 0. The van der Waals surface area contributed by atoms with Crippen LogP contribution < -0.4 is 4.74 Å². The topological polar surface area (TPSA) is 104 Å². The van der Waals surface area contributed by atoms with Crippen LogP contribution in [-0.2, 0) is 0 Å². The predicted molar refractivity (Wildman–Crippen MR) is 108 cm³/mol. The van der Waals surface area contributed by atoms with Crippen molar-refractivity contribution in [2.24, 2.45) is 0 Å². The van der Waals surface area contributed by atoms with Crippen molar-refractivity contribution in [1.82, 2.24) is 0 Å². The number of aliphatic hydroxyl groups is 1. The summed E-state index contributed by atoms with van der Waals surface area (Å²) in [4.78, 5) is 26.2. The van der Waals surface area contributed by atoms with E-state index < -0.39 is 33.2 Å². The molecule has 0 amide bonds. The fraction of sp³-hybridized carbons (Fsp3) is 0.0909. The van der Waals surface area contributed by atoms with Gasteiger partial charge in [0.1, 0.15) is 0 Å². The Morgan fingerprint density at radius 1 is 1.03 bits per heavy atom. The first-order valence-electron chi connectivity index (χ1n) is 8.82. The molecule has 1 heterocycles. The molecule has 2 radical (unpaired) electrons. The van der Waals surface area contributed by atoms with Crippen LogP contribution >= 0.6 is 0 Å². The molecule has 144 valence electrons. The van der Waals surface area contributed by atoms with E-state index in [1.165, 1.54) is 30.4 Å². The van der Waals surface area contributed by atoms with Gasteiger partial charge in [0.2, 0.25) is 0 Å². The second kappa shape index (κ2) is 7.44. The van der Waals surface area contributed by atoms with E-state index in [2.05, 4.69) is 0 Å². The van der Waals surface area contributed by atoms with E-state index in [0.29, 0.717) is 33.6 Å². The van der Waals surface area contributed by atoms with Crippen LogP contribution in [0.1, 0.15) is 31.8 Å². The van der Waals surface area contributed by atoms with E-state index >= 15 is 0 Å². The number of benzene rings is 2. The second-order valence-electron chi connectivity index (χ2n) is 6.62. The zero-order valence-electron chi connectivity index (χ0n) is 15.3. The first-order chi connectivity index (χ1) is 13.9. The molecule has 0 aromatic heterocycles. The van der Waals surface area contributed by atoms with Crippen LogP contribution in [-0.4, -0.2) is 52.3 Å². The van der Waals surface area contributed by atoms with Crippen LogP contribution in [0.5, 0.6) is 11.5 Å². The molecule has 2 aliphatic rings. The molecule has 1 unspecified atom stereocenters. The van der Waals surface area contributed by atoms with Crippen molar-refractivity contribution >= 4 is 36.5 Å². The zero-order chi connectivity index (χ0) is 20.7. The molecule has 0 bridgehead atoms. The van der Waals surface area contributed by atoms with Crippen molar-refractivity contribution in [3.63, 3.8) is 0 Å². The van der Waals surface area contributed by atoms with Gasteiger partial charge in [-0.15, -0.1) is 0 Å². The number of aromatic carboxylic acids is 1. The van der Waals surface area contributed by atoms with Gasteiger partial charge in [-0.2, -0.15) is 0 Å². The molecule has 6 nitrogen and oxygen atoms in total. The van der Waals surface area contributed by atoms with Gasteiger partial charge in [0.25, 0.3) is 0 Å². The van der Waals surface area contributed by atoms with Crippen LogP contribution in [0, 0.1) is 0 Å². The van der Waals surface area contributed by atoms with Gasteiger partial charge < -0.3 is 0 Å². The Kier molecular flexibility index (Phi) is 4.96. The third-order valence-corrected chi connectivity index (χ3v) is 6.97. The minimum atomic E-state index is -1.22. The van der Waals surface area contributed by atoms with Crippen molar-refractivity contribution in [3.05, 3.63) is 88.2 Å². The number of allylic oxidation sites excluding steroid dienone is 1. The third-order valence-electron chi connectivity index (χ3n) is 4.85. The summed E-state index contributed by atoms with van der Waals surface area (Å²) in [6.07, 6.45) is 4.06. The molecule has 4 rings (SSSR count). The van der Waals surface area contributed by atoms with Gasteiger partial charge in [-0.25, -0.2) is 0 Å². The fourth-order valence-corrected chi connectivity index (χ4v) is 4.79. The molecule has 0 saturated carbocycles. The first-order valence-corrected chi connectivity index (χ1v) is 13.1. The molecule has 1 aliphatic carbocycles.